The van der Waals surface area contributed by atoms with E-state index in [2.05, 4.69) is 0 Å². The van der Waals surface area contributed by atoms with Crippen molar-refractivity contribution in [2.45, 2.75) is 12.5 Å². The minimum atomic E-state index is -2.97. The third-order valence-electron chi connectivity index (χ3n) is 2.93. The van der Waals surface area contributed by atoms with E-state index in [1.54, 1.807) is 0 Å². The molecule has 1 rings (SSSR count). The van der Waals surface area contributed by atoms with Crippen molar-refractivity contribution in [2.75, 3.05) is 25.6 Å². The molecule has 19 heavy (non-hydrogen) atoms. The number of benzene rings is 1. The largest absolute Gasteiger partial charge is 0.393 e. The maximum Gasteiger partial charge on any atom is 0.148 e. The quantitative estimate of drug-likeness (QED) is 0.771. The van der Waals surface area contributed by atoms with Crippen LogP contribution in [0.25, 0.3) is 0 Å². The summed E-state index contributed by atoms with van der Waals surface area (Å²) in [5.41, 5.74) is 6.73. The second-order valence-electron chi connectivity index (χ2n) is 4.71. The molecule has 1 unspecified atom stereocenters. The lowest BCUT2D eigenvalue weighted by Crippen LogP contribution is -2.32. The summed E-state index contributed by atoms with van der Waals surface area (Å²) in [6.45, 7) is 0.459. The molecule has 0 spiro atoms. The maximum absolute atomic E-state index is 11.2. The van der Waals surface area contributed by atoms with Crippen LogP contribution in [0.5, 0.6) is 0 Å². The predicted octanol–water partition coefficient (Wildman–Crippen LogP) is 1.38. The van der Waals surface area contributed by atoms with Crippen LogP contribution in [0.2, 0.25) is 0 Å². The van der Waals surface area contributed by atoms with E-state index >= 15 is 0 Å². The summed E-state index contributed by atoms with van der Waals surface area (Å²) in [6, 6.07) is 9.86. The van der Waals surface area contributed by atoms with Crippen LogP contribution >= 0.6 is 12.2 Å². The molecule has 0 aliphatic carbocycles. The Morgan fingerprint density at radius 1 is 1.37 bits per heavy atom. The van der Waals surface area contributed by atoms with Gasteiger partial charge < -0.3 is 5.73 Å². The summed E-state index contributed by atoms with van der Waals surface area (Å²) in [4.78, 5) is 2.41. The van der Waals surface area contributed by atoms with Crippen molar-refractivity contribution in [2.24, 2.45) is 5.73 Å². The van der Waals surface area contributed by atoms with Crippen LogP contribution in [0.3, 0.4) is 0 Å². The molecule has 106 valence electrons. The van der Waals surface area contributed by atoms with Crippen LogP contribution < -0.4 is 5.73 Å². The third kappa shape index (κ3) is 6.13. The zero-order chi connectivity index (χ0) is 14.5. The normalized spacial score (nSPS) is 13.4. The van der Waals surface area contributed by atoms with Crippen LogP contribution in [0, 0.1) is 0 Å². The lowest BCUT2D eigenvalue weighted by molar-refractivity contribution is 0.265. The fourth-order valence-corrected chi connectivity index (χ4v) is 2.64. The van der Waals surface area contributed by atoms with E-state index in [-0.39, 0.29) is 11.8 Å². The standard InChI is InChI=1S/C13H20N2O2S2/c1-15(8-9-19(2,16)17)12(10-13(14)18)11-6-4-3-5-7-11/h3-7,12H,8-10H2,1-2H3,(H2,14,18). The first-order valence-electron chi connectivity index (χ1n) is 6.01. The van der Waals surface area contributed by atoms with Crippen LogP contribution in [0.4, 0.5) is 0 Å². The zero-order valence-corrected chi connectivity index (χ0v) is 12.9. The Hall–Kier alpha value is -0.980. The molecule has 0 saturated carbocycles. The minimum absolute atomic E-state index is 0.0143. The van der Waals surface area contributed by atoms with Crippen molar-refractivity contribution in [3.8, 4) is 0 Å². The Balaban J connectivity index is 2.82. The Kier molecular flexibility index (Phi) is 5.90. The highest BCUT2D eigenvalue weighted by Gasteiger charge is 2.18. The van der Waals surface area contributed by atoms with Crippen molar-refractivity contribution in [1.82, 2.24) is 4.90 Å². The van der Waals surface area contributed by atoms with Gasteiger partial charge in [0.2, 0.25) is 0 Å². The predicted molar refractivity (Wildman–Crippen MR) is 82.9 cm³/mol. The zero-order valence-electron chi connectivity index (χ0n) is 11.2. The van der Waals surface area contributed by atoms with Gasteiger partial charge in [-0.2, -0.15) is 0 Å². The molecular formula is C13H20N2O2S2. The summed E-state index contributed by atoms with van der Waals surface area (Å²) >= 11 is 4.98. The molecule has 2 N–H and O–H groups in total. The van der Waals surface area contributed by atoms with Crippen molar-refractivity contribution < 1.29 is 8.42 Å². The lowest BCUT2D eigenvalue weighted by Gasteiger charge is -2.28. The van der Waals surface area contributed by atoms with Crippen LogP contribution in [-0.4, -0.2) is 43.9 Å². The SMILES string of the molecule is CN(CCS(C)(=O)=O)C(CC(N)=S)c1ccccc1. The van der Waals surface area contributed by atoms with E-state index in [9.17, 15) is 8.42 Å². The Labute approximate surface area is 120 Å². The Morgan fingerprint density at radius 2 is 1.95 bits per heavy atom. The molecule has 0 amide bonds. The lowest BCUT2D eigenvalue weighted by atomic mass is 10.0. The highest BCUT2D eigenvalue weighted by molar-refractivity contribution is 7.90. The van der Waals surface area contributed by atoms with Gasteiger partial charge in [0.25, 0.3) is 0 Å². The number of sulfone groups is 1. The number of hydrogen-bond acceptors (Lipinski definition) is 4. The highest BCUT2D eigenvalue weighted by Crippen LogP contribution is 2.22. The van der Waals surface area contributed by atoms with Crippen molar-refractivity contribution >= 4 is 27.0 Å². The first-order valence-corrected chi connectivity index (χ1v) is 8.47. The third-order valence-corrected chi connectivity index (χ3v) is 4.02. The topological polar surface area (TPSA) is 63.4 Å². The maximum atomic E-state index is 11.2. The fraction of sp³-hybridized carbons (Fsp3) is 0.462. The fourth-order valence-electron chi connectivity index (χ4n) is 1.86. The van der Waals surface area contributed by atoms with Gasteiger partial charge in [0, 0.05) is 25.3 Å². The van der Waals surface area contributed by atoms with Crippen LogP contribution in [0.15, 0.2) is 30.3 Å². The van der Waals surface area contributed by atoms with E-state index in [1.807, 2.05) is 42.3 Å². The monoisotopic (exact) mass is 300 g/mol. The molecule has 0 aromatic heterocycles. The summed E-state index contributed by atoms with van der Waals surface area (Å²) in [5.74, 6) is 0.129. The Bertz CT molecular complexity index is 515. The van der Waals surface area contributed by atoms with Crippen LogP contribution in [-0.2, 0) is 9.84 Å². The molecule has 0 fully saturated rings. The van der Waals surface area contributed by atoms with Gasteiger partial charge in [-0.05, 0) is 12.6 Å². The summed E-state index contributed by atoms with van der Waals surface area (Å²) in [5, 5.41) is 0. The van der Waals surface area contributed by atoms with Gasteiger partial charge in [-0.1, -0.05) is 42.5 Å². The summed E-state index contributed by atoms with van der Waals surface area (Å²) in [6.07, 6.45) is 1.78. The number of rotatable bonds is 7. The second kappa shape index (κ2) is 6.98. The number of hydrogen-bond donors (Lipinski definition) is 1. The van der Waals surface area contributed by atoms with Gasteiger partial charge in [-0.25, -0.2) is 8.42 Å². The first-order chi connectivity index (χ1) is 8.79. The number of nitrogens with zero attached hydrogens (tertiary/aromatic N) is 1. The van der Waals surface area contributed by atoms with Gasteiger partial charge >= 0.3 is 0 Å². The van der Waals surface area contributed by atoms with Crippen molar-refractivity contribution in [3.63, 3.8) is 0 Å². The van der Waals surface area contributed by atoms with E-state index in [4.69, 9.17) is 18.0 Å². The molecular weight excluding hydrogens is 280 g/mol. The van der Waals surface area contributed by atoms with Gasteiger partial charge in [-0.15, -0.1) is 0 Å². The molecule has 6 heteroatoms. The molecule has 1 atom stereocenters. The molecule has 0 aliphatic rings. The number of nitrogens with two attached hydrogens (primary N) is 1. The first kappa shape index (κ1) is 16.1. The molecule has 0 saturated heterocycles. The highest BCUT2D eigenvalue weighted by atomic mass is 32.2. The Morgan fingerprint density at radius 3 is 2.42 bits per heavy atom. The van der Waals surface area contributed by atoms with Gasteiger partial charge in [0.1, 0.15) is 9.84 Å². The average Bonchev–Trinajstić information content (AvgIpc) is 2.33. The van der Waals surface area contributed by atoms with E-state index < -0.39 is 9.84 Å². The molecule has 0 aliphatic heterocycles. The van der Waals surface area contributed by atoms with E-state index in [1.165, 1.54) is 6.26 Å². The smallest absolute Gasteiger partial charge is 0.148 e. The van der Waals surface area contributed by atoms with Gasteiger partial charge in [0.05, 0.1) is 10.7 Å². The van der Waals surface area contributed by atoms with E-state index in [0.29, 0.717) is 18.0 Å². The van der Waals surface area contributed by atoms with Gasteiger partial charge in [0.15, 0.2) is 0 Å². The minimum Gasteiger partial charge on any atom is -0.393 e. The molecule has 1 aromatic rings. The van der Waals surface area contributed by atoms with Crippen molar-refractivity contribution in [1.29, 1.82) is 0 Å². The van der Waals surface area contributed by atoms with Crippen molar-refractivity contribution in [3.05, 3.63) is 35.9 Å². The van der Waals surface area contributed by atoms with E-state index in [0.717, 1.165) is 5.56 Å². The number of thiocarbonyl (C=S) groups is 1. The summed E-state index contributed by atoms with van der Waals surface area (Å²) in [7, 11) is -1.08. The molecule has 4 nitrogen and oxygen atoms in total. The molecule has 0 bridgehead atoms. The molecule has 1 aromatic carbocycles. The summed E-state index contributed by atoms with van der Waals surface area (Å²) < 4.78 is 22.5. The molecule has 0 heterocycles. The molecule has 0 radical (unpaired) electrons. The second-order valence-corrected chi connectivity index (χ2v) is 7.49. The average molecular weight is 300 g/mol. The van der Waals surface area contributed by atoms with Gasteiger partial charge in [-0.3, -0.25) is 4.90 Å². The van der Waals surface area contributed by atoms with Crippen LogP contribution in [0.1, 0.15) is 18.0 Å².